The lowest BCUT2D eigenvalue weighted by molar-refractivity contribution is 0.316. The van der Waals surface area contributed by atoms with Crippen LogP contribution in [0.5, 0.6) is 5.75 Å². The third kappa shape index (κ3) is 3.35. The van der Waals surface area contributed by atoms with Crippen molar-refractivity contribution in [2.75, 3.05) is 11.9 Å². The van der Waals surface area contributed by atoms with Gasteiger partial charge in [-0.2, -0.15) is 0 Å². The minimum Gasteiger partial charge on any atom is -0.490 e. The zero-order valence-corrected chi connectivity index (χ0v) is 11.1. The summed E-state index contributed by atoms with van der Waals surface area (Å²) in [7, 11) is 0. The third-order valence-electron chi connectivity index (χ3n) is 3.37. The van der Waals surface area contributed by atoms with Crippen molar-refractivity contribution in [1.82, 2.24) is 4.98 Å². The van der Waals surface area contributed by atoms with Gasteiger partial charge in [-0.3, -0.25) is 0 Å². The average molecular weight is 249 g/mol. The quantitative estimate of drug-likeness (QED) is 0.842. The summed E-state index contributed by atoms with van der Waals surface area (Å²) in [5.41, 5.74) is 6.15. The second-order valence-electron chi connectivity index (χ2n) is 4.90. The number of nitrogens with zero attached hydrogens (tertiary/aromatic N) is 1. The minimum absolute atomic E-state index is 0.222. The molecule has 0 aliphatic heterocycles. The molecule has 18 heavy (non-hydrogen) atoms. The van der Waals surface area contributed by atoms with E-state index >= 15 is 0 Å². The summed E-state index contributed by atoms with van der Waals surface area (Å²) in [6.45, 7) is 2.82. The third-order valence-corrected chi connectivity index (χ3v) is 3.37. The Hall–Kier alpha value is -1.29. The normalized spacial score (nSPS) is 23.7. The zero-order valence-electron chi connectivity index (χ0n) is 11.1. The van der Waals surface area contributed by atoms with Crippen LogP contribution in [0.2, 0.25) is 0 Å². The predicted molar refractivity (Wildman–Crippen MR) is 73.9 cm³/mol. The number of ether oxygens (including phenoxy) is 1. The number of nitrogens with one attached hydrogen (secondary N) is 1. The number of anilines is 1. The van der Waals surface area contributed by atoms with E-state index < -0.39 is 0 Å². The highest BCUT2D eigenvalue weighted by molar-refractivity contribution is 5.50. The van der Waals surface area contributed by atoms with Crippen LogP contribution in [-0.2, 0) is 0 Å². The van der Waals surface area contributed by atoms with Crippen molar-refractivity contribution in [3.05, 3.63) is 18.3 Å². The van der Waals surface area contributed by atoms with E-state index in [2.05, 4.69) is 17.2 Å². The van der Waals surface area contributed by atoms with Crippen LogP contribution in [0, 0.1) is 0 Å². The lowest BCUT2D eigenvalue weighted by Gasteiger charge is -2.30. The topological polar surface area (TPSA) is 60.2 Å². The molecule has 0 amide bonds. The molecule has 2 rings (SSSR count). The van der Waals surface area contributed by atoms with Gasteiger partial charge in [0.25, 0.3) is 0 Å². The maximum Gasteiger partial charge on any atom is 0.169 e. The summed E-state index contributed by atoms with van der Waals surface area (Å²) in [5, 5.41) is 3.45. The fourth-order valence-corrected chi connectivity index (χ4v) is 2.34. The molecule has 2 atom stereocenters. The average Bonchev–Trinajstić information content (AvgIpc) is 2.40. The van der Waals surface area contributed by atoms with Gasteiger partial charge < -0.3 is 15.8 Å². The van der Waals surface area contributed by atoms with Crippen LogP contribution < -0.4 is 15.8 Å². The molecular weight excluding hydrogens is 226 g/mol. The molecule has 0 radical (unpaired) electrons. The van der Waals surface area contributed by atoms with Gasteiger partial charge in [0.15, 0.2) is 11.6 Å². The monoisotopic (exact) mass is 249 g/mol. The molecule has 0 bridgehead atoms. The summed E-state index contributed by atoms with van der Waals surface area (Å²) < 4.78 is 5.70. The summed E-state index contributed by atoms with van der Waals surface area (Å²) >= 11 is 0. The lowest BCUT2D eigenvalue weighted by Crippen LogP contribution is -2.42. The largest absolute Gasteiger partial charge is 0.490 e. The Balaban J connectivity index is 2.03. The van der Waals surface area contributed by atoms with Crippen molar-refractivity contribution in [3.63, 3.8) is 0 Å². The van der Waals surface area contributed by atoms with Gasteiger partial charge in [0, 0.05) is 18.3 Å². The molecule has 1 aromatic rings. The fourth-order valence-electron chi connectivity index (χ4n) is 2.34. The number of aromatic nitrogens is 1. The van der Waals surface area contributed by atoms with E-state index in [0.717, 1.165) is 37.4 Å². The van der Waals surface area contributed by atoms with E-state index in [-0.39, 0.29) is 6.04 Å². The summed E-state index contributed by atoms with van der Waals surface area (Å²) in [5.74, 6) is 1.66. The lowest BCUT2D eigenvalue weighted by atomic mass is 9.91. The summed E-state index contributed by atoms with van der Waals surface area (Å²) in [4.78, 5) is 4.37. The highest BCUT2D eigenvalue weighted by Gasteiger charge is 2.22. The second kappa shape index (κ2) is 6.59. The Morgan fingerprint density at radius 1 is 1.44 bits per heavy atom. The zero-order chi connectivity index (χ0) is 12.8. The van der Waals surface area contributed by atoms with Crippen LogP contribution in [0.1, 0.15) is 39.0 Å². The molecule has 0 aromatic carbocycles. The van der Waals surface area contributed by atoms with Crippen molar-refractivity contribution in [1.29, 1.82) is 0 Å². The van der Waals surface area contributed by atoms with Gasteiger partial charge in [-0.05, 0) is 31.4 Å². The van der Waals surface area contributed by atoms with Gasteiger partial charge in [-0.1, -0.05) is 19.8 Å². The molecule has 0 saturated heterocycles. The number of rotatable bonds is 5. The van der Waals surface area contributed by atoms with E-state index in [0.29, 0.717) is 6.04 Å². The summed E-state index contributed by atoms with van der Waals surface area (Å²) in [6, 6.07) is 4.40. The van der Waals surface area contributed by atoms with Crippen LogP contribution in [0.3, 0.4) is 0 Å². The van der Waals surface area contributed by atoms with E-state index in [9.17, 15) is 0 Å². The molecule has 1 saturated carbocycles. The van der Waals surface area contributed by atoms with Crippen molar-refractivity contribution in [3.8, 4) is 5.75 Å². The van der Waals surface area contributed by atoms with Crippen LogP contribution in [0.4, 0.5) is 5.82 Å². The smallest absolute Gasteiger partial charge is 0.169 e. The molecule has 0 spiro atoms. The minimum atomic E-state index is 0.222. The Bertz CT molecular complexity index is 370. The Labute approximate surface area is 109 Å². The van der Waals surface area contributed by atoms with E-state index in [1.165, 1.54) is 12.8 Å². The summed E-state index contributed by atoms with van der Waals surface area (Å²) in [6.07, 6.45) is 7.47. The first-order valence-corrected chi connectivity index (χ1v) is 6.91. The molecule has 1 aliphatic carbocycles. The first kappa shape index (κ1) is 13.1. The van der Waals surface area contributed by atoms with Crippen molar-refractivity contribution in [2.24, 2.45) is 5.73 Å². The van der Waals surface area contributed by atoms with Crippen LogP contribution >= 0.6 is 0 Å². The first-order valence-electron chi connectivity index (χ1n) is 6.91. The highest BCUT2D eigenvalue weighted by atomic mass is 16.5. The molecular formula is C14H23N3O. The van der Waals surface area contributed by atoms with E-state index in [4.69, 9.17) is 10.5 Å². The number of hydrogen-bond acceptors (Lipinski definition) is 4. The molecule has 4 heteroatoms. The van der Waals surface area contributed by atoms with Gasteiger partial charge in [0.05, 0.1) is 6.61 Å². The second-order valence-corrected chi connectivity index (χ2v) is 4.90. The van der Waals surface area contributed by atoms with Crippen LogP contribution in [-0.4, -0.2) is 23.7 Å². The number of pyridine rings is 1. The standard InChI is InChI=1S/C14H23N3O/c1-2-10-18-13-8-5-9-16-14(13)17-12-7-4-3-6-11(12)15/h5,8-9,11-12H,2-4,6-7,10,15H2,1H3,(H,16,17). The van der Waals surface area contributed by atoms with Crippen LogP contribution in [0.15, 0.2) is 18.3 Å². The van der Waals surface area contributed by atoms with Gasteiger partial charge in [-0.15, -0.1) is 0 Å². The molecule has 2 unspecified atom stereocenters. The maximum atomic E-state index is 6.15. The molecule has 1 aromatic heterocycles. The molecule has 3 N–H and O–H groups in total. The number of nitrogens with two attached hydrogens (primary N) is 1. The van der Waals surface area contributed by atoms with E-state index in [1.807, 2.05) is 12.1 Å². The van der Waals surface area contributed by atoms with Gasteiger partial charge in [0.1, 0.15) is 0 Å². The molecule has 1 aliphatic rings. The molecule has 100 valence electrons. The SMILES string of the molecule is CCCOc1cccnc1NC1CCCCC1N. The predicted octanol–water partition coefficient (Wildman–Crippen LogP) is 2.55. The highest BCUT2D eigenvalue weighted by Crippen LogP contribution is 2.26. The van der Waals surface area contributed by atoms with Crippen molar-refractivity contribution >= 4 is 5.82 Å². The van der Waals surface area contributed by atoms with Crippen LogP contribution in [0.25, 0.3) is 0 Å². The first-order chi connectivity index (χ1) is 8.81. The Morgan fingerprint density at radius 3 is 3.06 bits per heavy atom. The van der Waals surface area contributed by atoms with Gasteiger partial charge in [0.2, 0.25) is 0 Å². The van der Waals surface area contributed by atoms with Crippen molar-refractivity contribution in [2.45, 2.75) is 51.1 Å². The van der Waals surface area contributed by atoms with Gasteiger partial charge in [-0.25, -0.2) is 4.98 Å². The maximum absolute atomic E-state index is 6.15. The molecule has 1 fully saturated rings. The molecule has 4 nitrogen and oxygen atoms in total. The molecule has 1 heterocycles. The Kier molecular flexibility index (Phi) is 4.81. The van der Waals surface area contributed by atoms with Crippen molar-refractivity contribution < 1.29 is 4.74 Å². The van der Waals surface area contributed by atoms with Gasteiger partial charge >= 0.3 is 0 Å². The van der Waals surface area contributed by atoms with E-state index in [1.54, 1.807) is 6.20 Å². The number of hydrogen-bond donors (Lipinski definition) is 2. The Morgan fingerprint density at radius 2 is 2.28 bits per heavy atom. The fraction of sp³-hybridized carbons (Fsp3) is 0.643.